The zero-order valence-corrected chi connectivity index (χ0v) is 19.2. The van der Waals surface area contributed by atoms with Crippen molar-refractivity contribution in [1.29, 1.82) is 5.26 Å². The van der Waals surface area contributed by atoms with E-state index < -0.39 is 16.8 Å². The summed E-state index contributed by atoms with van der Waals surface area (Å²) in [6.45, 7) is 0. The van der Waals surface area contributed by atoms with Crippen molar-refractivity contribution in [3.05, 3.63) is 98.0 Å². The van der Waals surface area contributed by atoms with Crippen LogP contribution in [-0.2, 0) is 4.79 Å². The summed E-state index contributed by atoms with van der Waals surface area (Å²) in [5.41, 5.74) is 0.140. The highest BCUT2D eigenvalue weighted by atomic mass is 79.9. The molecule has 3 aromatic carbocycles. The van der Waals surface area contributed by atoms with Crippen LogP contribution in [0.2, 0.25) is 0 Å². The quantitative estimate of drug-likeness (QED) is 0.114. The van der Waals surface area contributed by atoms with E-state index in [0.717, 1.165) is 4.47 Å². The maximum absolute atomic E-state index is 12.5. The number of nitrogens with one attached hydrogen (secondary N) is 1. The summed E-state index contributed by atoms with van der Waals surface area (Å²) in [7, 11) is 1.36. The molecule has 0 atom stereocenters. The third-order valence-corrected chi connectivity index (χ3v) is 5.03. The minimum atomic E-state index is -0.818. The molecule has 0 fully saturated rings. The fraction of sp³-hybridized carbons (Fsp3) is 0.0417. The Balaban J connectivity index is 1.73. The van der Waals surface area contributed by atoms with E-state index in [1.807, 2.05) is 0 Å². The van der Waals surface area contributed by atoms with Crippen LogP contribution in [-0.4, -0.2) is 23.9 Å². The van der Waals surface area contributed by atoms with E-state index in [9.17, 15) is 25.0 Å². The molecule has 3 aromatic rings. The van der Waals surface area contributed by atoms with E-state index in [4.69, 9.17) is 9.47 Å². The predicted octanol–water partition coefficient (Wildman–Crippen LogP) is 5.13. The first-order chi connectivity index (χ1) is 16.3. The molecule has 0 radical (unpaired) electrons. The van der Waals surface area contributed by atoms with Crippen LogP contribution in [0.1, 0.15) is 15.9 Å². The average molecular weight is 522 g/mol. The molecule has 0 unspecified atom stereocenters. The number of ether oxygens (including phenoxy) is 2. The van der Waals surface area contributed by atoms with Crippen molar-refractivity contribution in [2.45, 2.75) is 0 Å². The Morgan fingerprint density at radius 2 is 1.71 bits per heavy atom. The van der Waals surface area contributed by atoms with E-state index in [0.29, 0.717) is 11.1 Å². The van der Waals surface area contributed by atoms with Gasteiger partial charge in [0.15, 0.2) is 0 Å². The summed E-state index contributed by atoms with van der Waals surface area (Å²) < 4.78 is 11.1. The highest BCUT2D eigenvalue weighted by Crippen LogP contribution is 2.29. The summed E-state index contributed by atoms with van der Waals surface area (Å²) in [4.78, 5) is 35.4. The molecule has 34 heavy (non-hydrogen) atoms. The van der Waals surface area contributed by atoms with E-state index >= 15 is 0 Å². The van der Waals surface area contributed by atoms with Gasteiger partial charge in [0.05, 0.1) is 23.7 Å². The van der Waals surface area contributed by atoms with Gasteiger partial charge in [0.2, 0.25) is 0 Å². The van der Waals surface area contributed by atoms with Gasteiger partial charge < -0.3 is 14.8 Å². The summed E-state index contributed by atoms with van der Waals surface area (Å²) in [6.07, 6.45) is 1.31. The van der Waals surface area contributed by atoms with Crippen molar-refractivity contribution in [3.63, 3.8) is 0 Å². The van der Waals surface area contributed by atoms with Gasteiger partial charge in [0.25, 0.3) is 11.6 Å². The summed E-state index contributed by atoms with van der Waals surface area (Å²) in [6, 6.07) is 18.6. The smallest absolute Gasteiger partial charge is 0.343 e. The average Bonchev–Trinajstić information content (AvgIpc) is 2.83. The largest absolute Gasteiger partial charge is 0.496 e. The van der Waals surface area contributed by atoms with E-state index in [-0.39, 0.29) is 28.4 Å². The minimum Gasteiger partial charge on any atom is -0.496 e. The topological polar surface area (TPSA) is 132 Å². The molecule has 3 rings (SSSR count). The number of nitro groups is 1. The summed E-state index contributed by atoms with van der Waals surface area (Å²) in [5.74, 6) is -0.820. The Morgan fingerprint density at radius 1 is 1.06 bits per heavy atom. The van der Waals surface area contributed by atoms with Crippen molar-refractivity contribution in [1.82, 2.24) is 0 Å². The van der Waals surface area contributed by atoms with Gasteiger partial charge in [-0.05, 0) is 60.2 Å². The van der Waals surface area contributed by atoms with Crippen LogP contribution >= 0.6 is 15.9 Å². The number of hydrogen-bond acceptors (Lipinski definition) is 7. The lowest BCUT2D eigenvalue weighted by Crippen LogP contribution is -2.14. The van der Waals surface area contributed by atoms with Crippen LogP contribution in [0.4, 0.5) is 11.4 Å². The van der Waals surface area contributed by atoms with Crippen LogP contribution in [0.25, 0.3) is 6.08 Å². The van der Waals surface area contributed by atoms with Crippen molar-refractivity contribution in [2.75, 3.05) is 12.4 Å². The number of nitriles is 1. The van der Waals surface area contributed by atoms with Crippen LogP contribution in [0.5, 0.6) is 11.5 Å². The van der Waals surface area contributed by atoms with Gasteiger partial charge in [-0.2, -0.15) is 5.26 Å². The number of hydrogen-bond donors (Lipinski definition) is 1. The highest BCUT2D eigenvalue weighted by Gasteiger charge is 2.19. The second-order valence-electron chi connectivity index (χ2n) is 6.73. The lowest BCUT2D eigenvalue weighted by atomic mass is 10.1. The molecule has 0 saturated carbocycles. The first-order valence-electron chi connectivity index (χ1n) is 9.64. The monoisotopic (exact) mass is 521 g/mol. The van der Waals surface area contributed by atoms with Gasteiger partial charge in [-0.1, -0.05) is 28.1 Å². The van der Waals surface area contributed by atoms with Crippen LogP contribution < -0.4 is 14.8 Å². The Kier molecular flexibility index (Phi) is 7.74. The van der Waals surface area contributed by atoms with E-state index in [2.05, 4.69) is 21.2 Å². The van der Waals surface area contributed by atoms with E-state index in [1.165, 1.54) is 43.5 Å². The summed E-state index contributed by atoms with van der Waals surface area (Å²) in [5, 5.41) is 23.1. The Bertz CT molecular complexity index is 1310. The number of carbonyl (C=O) groups excluding carboxylic acids is 2. The van der Waals surface area contributed by atoms with Crippen molar-refractivity contribution < 1.29 is 24.0 Å². The molecular weight excluding hydrogens is 506 g/mol. The Labute approximate surface area is 202 Å². The van der Waals surface area contributed by atoms with Crippen LogP contribution in [0.15, 0.2) is 76.8 Å². The van der Waals surface area contributed by atoms with Gasteiger partial charge >= 0.3 is 5.97 Å². The first-order valence-corrected chi connectivity index (χ1v) is 10.4. The normalized spacial score (nSPS) is 10.7. The lowest BCUT2D eigenvalue weighted by molar-refractivity contribution is -0.384. The standard InChI is InChI=1S/C24H16BrN3O6/c1-33-20-10-11-21(22(13-20)28(31)32)27-23(29)17(14-26)12-15-2-8-19(9-3-15)34-24(30)16-4-6-18(25)7-5-16/h2-13H,1H3,(H,27,29)/b17-12+. The minimum absolute atomic E-state index is 0.0767. The zero-order chi connectivity index (χ0) is 24.7. The molecule has 1 amide bonds. The van der Waals surface area contributed by atoms with Gasteiger partial charge in [-0.25, -0.2) is 4.79 Å². The van der Waals surface area contributed by atoms with Crippen molar-refractivity contribution in [3.8, 4) is 17.6 Å². The number of nitro benzene ring substituents is 1. The fourth-order valence-electron chi connectivity index (χ4n) is 2.78. The molecule has 170 valence electrons. The molecular formula is C24H16BrN3O6. The molecule has 0 aliphatic heterocycles. The first kappa shape index (κ1) is 24.2. The zero-order valence-electron chi connectivity index (χ0n) is 17.7. The third-order valence-electron chi connectivity index (χ3n) is 4.50. The van der Waals surface area contributed by atoms with Gasteiger partial charge in [-0.15, -0.1) is 0 Å². The molecule has 10 heteroatoms. The van der Waals surface area contributed by atoms with Crippen LogP contribution in [0, 0.1) is 21.4 Å². The second kappa shape index (κ2) is 10.9. The molecule has 0 saturated heterocycles. The number of halogens is 1. The number of carbonyl (C=O) groups is 2. The Hall–Kier alpha value is -4.49. The SMILES string of the molecule is COc1ccc(NC(=O)/C(C#N)=C/c2ccc(OC(=O)c3ccc(Br)cc3)cc2)c([N+](=O)[O-])c1. The fourth-order valence-corrected chi connectivity index (χ4v) is 3.05. The molecule has 0 aliphatic rings. The number of benzene rings is 3. The molecule has 1 N–H and O–H groups in total. The number of anilines is 1. The highest BCUT2D eigenvalue weighted by molar-refractivity contribution is 9.10. The van der Waals surface area contributed by atoms with E-state index in [1.54, 1.807) is 42.5 Å². The molecule has 0 spiro atoms. The number of methoxy groups -OCH3 is 1. The lowest BCUT2D eigenvalue weighted by Gasteiger charge is -2.07. The maximum Gasteiger partial charge on any atom is 0.343 e. The molecule has 0 aliphatic carbocycles. The predicted molar refractivity (Wildman–Crippen MR) is 127 cm³/mol. The second-order valence-corrected chi connectivity index (χ2v) is 7.65. The number of nitrogens with zero attached hydrogens (tertiary/aromatic N) is 2. The van der Waals surface area contributed by atoms with Crippen molar-refractivity contribution in [2.24, 2.45) is 0 Å². The number of rotatable bonds is 7. The van der Waals surface area contributed by atoms with Gasteiger partial charge in [0.1, 0.15) is 28.8 Å². The number of esters is 1. The van der Waals surface area contributed by atoms with Crippen molar-refractivity contribution >= 4 is 45.3 Å². The maximum atomic E-state index is 12.5. The summed E-state index contributed by atoms with van der Waals surface area (Å²) >= 11 is 3.30. The molecule has 0 aromatic heterocycles. The Morgan fingerprint density at radius 3 is 2.29 bits per heavy atom. The van der Waals surface area contributed by atoms with Gasteiger partial charge in [-0.3, -0.25) is 14.9 Å². The third kappa shape index (κ3) is 6.05. The molecule has 0 bridgehead atoms. The molecule has 0 heterocycles. The van der Waals surface area contributed by atoms with Crippen LogP contribution in [0.3, 0.4) is 0 Å². The number of amides is 1. The van der Waals surface area contributed by atoms with Gasteiger partial charge in [0, 0.05) is 4.47 Å². The molecule has 9 nitrogen and oxygen atoms in total.